The molecule has 42 heavy (non-hydrogen) atoms. The number of non-ortho nitro benzene ring substituents is 1. The van der Waals surface area contributed by atoms with Crippen LogP contribution in [0, 0.1) is 16.0 Å². The second kappa shape index (κ2) is 13.9. The Morgan fingerprint density at radius 3 is 2.45 bits per heavy atom. The maximum atomic E-state index is 11.7. The Morgan fingerprint density at radius 2 is 1.74 bits per heavy atom. The molecule has 1 amide bonds. The quantitative estimate of drug-likeness (QED) is 0.132. The molecule has 1 aliphatic rings. The second-order valence-corrected chi connectivity index (χ2v) is 11.0. The fourth-order valence-corrected chi connectivity index (χ4v) is 5.72. The van der Waals surface area contributed by atoms with Gasteiger partial charge in [0.05, 0.1) is 22.3 Å². The number of fused-ring (bicyclic) bond motifs is 1. The lowest BCUT2D eigenvalue weighted by Gasteiger charge is -2.32. The average molecular weight is 567 g/mol. The Labute approximate surface area is 245 Å². The van der Waals surface area contributed by atoms with Crippen LogP contribution in [-0.4, -0.2) is 56.5 Å². The molecular formula is C33H36N5O4-. The molecule has 2 heterocycles. The Bertz CT molecular complexity index is 1490. The van der Waals surface area contributed by atoms with Gasteiger partial charge in [-0.25, -0.2) is 4.98 Å². The molecule has 0 aliphatic carbocycles. The summed E-state index contributed by atoms with van der Waals surface area (Å²) in [6, 6.07) is 24.9. The van der Waals surface area contributed by atoms with E-state index in [2.05, 4.69) is 69.1 Å². The van der Waals surface area contributed by atoms with Crippen molar-refractivity contribution in [3.63, 3.8) is 0 Å². The monoisotopic (exact) mass is 566 g/mol. The molecule has 9 heteroatoms. The summed E-state index contributed by atoms with van der Waals surface area (Å²) in [6.07, 6.45) is 7.84. The zero-order valence-corrected chi connectivity index (χ0v) is 23.6. The van der Waals surface area contributed by atoms with Gasteiger partial charge in [-0.3, -0.25) is 10.1 Å². The number of para-hydroxylation sites is 2. The first-order valence-corrected chi connectivity index (χ1v) is 14.5. The number of nitro benzene ring substituents is 1. The van der Waals surface area contributed by atoms with Crippen LogP contribution in [0.1, 0.15) is 36.3 Å². The summed E-state index contributed by atoms with van der Waals surface area (Å²) in [7, 11) is 0. The summed E-state index contributed by atoms with van der Waals surface area (Å²) in [5.41, 5.74) is 4.19. The summed E-state index contributed by atoms with van der Waals surface area (Å²) < 4.78 is 2.27. The number of hydrogen-bond acceptors (Lipinski definition) is 6. The smallest absolute Gasteiger partial charge is 0.269 e. The first-order chi connectivity index (χ1) is 20.5. The lowest BCUT2D eigenvalue weighted by atomic mass is 9.93. The Morgan fingerprint density at radius 1 is 1.02 bits per heavy atom. The summed E-state index contributed by atoms with van der Waals surface area (Å²) in [5, 5.41) is 22.5. The van der Waals surface area contributed by atoms with Gasteiger partial charge in [0.25, 0.3) is 5.69 Å². The zero-order valence-electron chi connectivity index (χ0n) is 23.6. The minimum absolute atomic E-state index is 0.0209. The van der Waals surface area contributed by atoms with Crippen LogP contribution in [-0.2, 0) is 13.1 Å². The predicted octanol–water partition coefficient (Wildman–Crippen LogP) is 5.23. The molecule has 4 aromatic rings. The van der Waals surface area contributed by atoms with Crippen molar-refractivity contribution in [2.75, 3.05) is 26.2 Å². The number of carbonyl (C=O) groups excluding carboxylic acids is 1. The van der Waals surface area contributed by atoms with Gasteiger partial charge in [0.2, 0.25) is 0 Å². The van der Waals surface area contributed by atoms with Gasteiger partial charge >= 0.3 is 0 Å². The van der Waals surface area contributed by atoms with E-state index in [9.17, 15) is 20.0 Å². The third-order valence-corrected chi connectivity index (χ3v) is 8.15. The van der Waals surface area contributed by atoms with E-state index >= 15 is 0 Å². The van der Waals surface area contributed by atoms with Crippen molar-refractivity contribution >= 4 is 22.8 Å². The number of piperidine rings is 1. The van der Waals surface area contributed by atoms with Gasteiger partial charge in [0, 0.05) is 37.7 Å². The number of imidazole rings is 1. The molecule has 218 valence electrons. The highest BCUT2D eigenvalue weighted by atomic mass is 16.6. The predicted molar refractivity (Wildman–Crippen MR) is 161 cm³/mol. The molecule has 1 aromatic heterocycles. The number of aromatic nitrogens is 2. The van der Waals surface area contributed by atoms with Crippen molar-refractivity contribution in [1.82, 2.24) is 19.4 Å². The lowest BCUT2D eigenvalue weighted by molar-refractivity contribution is -0.384. The molecule has 0 bridgehead atoms. The number of carboxylic acid groups (broad SMARTS) is 1. The van der Waals surface area contributed by atoms with Crippen molar-refractivity contribution in [2.24, 2.45) is 5.92 Å². The van der Waals surface area contributed by atoms with Crippen molar-refractivity contribution in [1.29, 1.82) is 0 Å². The molecular weight excluding hydrogens is 530 g/mol. The SMILES string of the molecule is O=C([O-])N(CC=CC1CCN(CCC(Cn2cnc3ccccc32)c2ccccc2)CC1)Cc1ccc([N+](=O)[O-])cc1. The van der Waals surface area contributed by atoms with Crippen LogP contribution in [0.4, 0.5) is 10.5 Å². The minimum atomic E-state index is -1.26. The molecule has 1 aliphatic heterocycles. The highest BCUT2D eigenvalue weighted by Crippen LogP contribution is 2.26. The highest BCUT2D eigenvalue weighted by Gasteiger charge is 2.20. The van der Waals surface area contributed by atoms with Crippen LogP contribution in [0.3, 0.4) is 0 Å². The third-order valence-electron chi connectivity index (χ3n) is 8.15. The van der Waals surface area contributed by atoms with E-state index in [1.54, 1.807) is 12.1 Å². The number of nitro groups is 1. The number of hydrogen-bond donors (Lipinski definition) is 0. The molecule has 0 N–H and O–H groups in total. The molecule has 0 radical (unpaired) electrons. The molecule has 3 aromatic carbocycles. The Hall–Kier alpha value is -4.50. The van der Waals surface area contributed by atoms with E-state index in [4.69, 9.17) is 0 Å². The fourth-order valence-electron chi connectivity index (χ4n) is 5.72. The number of carbonyl (C=O) groups is 1. The van der Waals surface area contributed by atoms with Crippen molar-refractivity contribution in [3.8, 4) is 0 Å². The van der Waals surface area contributed by atoms with Crippen LogP contribution >= 0.6 is 0 Å². The van der Waals surface area contributed by atoms with Gasteiger partial charge in [0.1, 0.15) is 6.09 Å². The van der Waals surface area contributed by atoms with Crippen molar-refractivity contribution in [3.05, 3.63) is 119 Å². The van der Waals surface area contributed by atoms with Gasteiger partial charge in [-0.2, -0.15) is 0 Å². The Kier molecular flexibility index (Phi) is 9.61. The maximum Gasteiger partial charge on any atom is 0.269 e. The largest absolute Gasteiger partial charge is 0.530 e. The number of likely N-dealkylation sites (tertiary alicyclic amines) is 1. The topological polar surface area (TPSA) is 108 Å². The zero-order chi connectivity index (χ0) is 29.3. The van der Waals surface area contributed by atoms with E-state index in [1.165, 1.54) is 22.6 Å². The highest BCUT2D eigenvalue weighted by molar-refractivity contribution is 5.74. The standard InChI is InChI=1S/C33H37N5O4/c39-33(40)36(23-27-12-14-30(15-13-27)38(41)42)19-6-7-26-16-20-35(21-17-26)22-18-29(28-8-2-1-3-9-28)24-37-25-34-31-10-4-5-11-32(31)37/h1-15,25-26,29H,16-24H2,(H,39,40)/p-1. The minimum Gasteiger partial charge on any atom is -0.530 e. The van der Waals surface area contributed by atoms with Gasteiger partial charge in [-0.15, -0.1) is 0 Å². The fraction of sp³-hybridized carbons (Fsp3) is 0.333. The van der Waals surface area contributed by atoms with Crippen LogP contribution in [0.25, 0.3) is 11.0 Å². The molecule has 1 saturated heterocycles. The van der Waals surface area contributed by atoms with Crippen molar-refractivity contribution < 1.29 is 14.8 Å². The molecule has 1 fully saturated rings. The van der Waals surface area contributed by atoms with Crippen LogP contribution < -0.4 is 5.11 Å². The molecule has 0 saturated carbocycles. The van der Waals surface area contributed by atoms with Crippen LogP contribution in [0.15, 0.2) is 97.3 Å². The summed E-state index contributed by atoms with van der Waals surface area (Å²) >= 11 is 0. The molecule has 5 rings (SSSR count). The average Bonchev–Trinajstić information content (AvgIpc) is 3.42. The number of rotatable bonds is 12. The van der Waals surface area contributed by atoms with E-state index in [-0.39, 0.29) is 18.8 Å². The van der Waals surface area contributed by atoms with Crippen LogP contribution in [0.5, 0.6) is 0 Å². The first kappa shape index (κ1) is 29.0. The van der Waals surface area contributed by atoms with Gasteiger partial charge < -0.3 is 24.3 Å². The molecule has 1 unspecified atom stereocenters. The first-order valence-electron chi connectivity index (χ1n) is 14.5. The van der Waals surface area contributed by atoms with E-state index in [1.807, 2.05) is 18.5 Å². The number of nitrogens with zero attached hydrogens (tertiary/aromatic N) is 5. The Balaban J connectivity index is 1.11. The maximum absolute atomic E-state index is 11.7. The third kappa shape index (κ3) is 7.61. The normalized spacial score (nSPS) is 15.2. The second-order valence-electron chi connectivity index (χ2n) is 11.0. The van der Waals surface area contributed by atoms with Gasteiger partial charge in [-0.05, 0) is 68.1 Å². The van der Waals surface area contributed by atoms with Crippen LogP contribution in [0.2, 0.25) is 0 Å². The van der Waals surface area contributed by atoms with E-state index in [0.29, 0.717) is 17.4 Å². The van der Waals surface area contributed by atoms with Crippen molar-refractivity contribution in [2.45, 2.75) is 38.3 Å². The lowest BCUT2D eigenvalue weighted by Crippen LogP contribution is -2.40. The van der Waals surface area contributed by atoms with E-state index < -0.39 is 11.0 Å². The number of amides is 1. The number of allylic oxidation sites excluding steroid dienone is 1. The molecule has 0 spiro atoms. The molecule has 1 atom stereocenters. The summed E-state index contributed by atoms with van der Waals surface area (Å²) in [4.78, 5) is 30.4. The summed E-state index contributed by atoms with van der Waals surface area (Å²) in [6.45, 7) is 4.28. The van der Waals surface area contributed by atoms with Gasteiger partial charge in [0.15, 0.2) is 0 Å². The van der Waals surface area contributed by atoms with E-state index in [0.717, 1.165) is 56.5 Å². The molecule has 9 nitrogen and oxygen atoms in total. The van der Waals surface area contributed by atoms with Gasteiger partial charge in [-0.1, -0.05) is 66.7 Å². The number of benzene rings is 3. The summed E-state index contributed by atoms with van der Waals surface area (Å²) in [5.74, 6) is 0.791.